The van der Waals surface area contributed by atoms with E-state index in [4.69, 9.17) is 11.5 Å². The molecule has 1 heterocycles. The van der Waals surface area contributed by atoms with Gasteiger partial charge in [-0.2, -0.15) is 0 Å². The van der Waals surface area contributed by atoms with Gasteiger partial charge in [0, 0.05) is 23.7 Å². The maximum absolute atomic E-state index is 13.1. The van der Waals surface area contributed by atoms with Crippen LogP contribution in [0.15, 0.2) is 30.5 Å². The first-order chi connectivity index (χ1) is 8.70. The third-order valence-electron chi connectivity index (χ3n) is 3.06. The van der Waals surface area contributed by atoms with Gasteiger partial charge in [0.1, 0.15) is 5.82 Å². The van der Waals surface area contributed by atoms with Crippen LogP contribution >= 0.6 is 0 Å². The topological polar surface area (TPSA) is 64.9 Å². The minimum atomic E-state index is -0.264. The fourth-order valence-electron chi connectivity index (χ4n) is 2.12. The van der Waals surface area contributed by atoms with E-state index in [1.54, 1.807) is 12.3 Å². The SMILES string of the molecule is NCCCC(N)Cc1ccnc2cc(F)ccc12. The van der Waals surface area contributed by atoms with Crippen LogP contribution in [0.5, 0.6) is 0 Å². The lowest BCUT2D eigenvalue weighted by Gasteiger charge is -2.12. The Morgan fingerprint density at radius 1 is 1.28 bits per heavy atom. The molecule has 0 saturated carbocycles. The lowest BCUT2D eigenvalue weighted by Crippen LogP contribution is -2.23. The van der Waals surface area contributed by atoms with Gasteiger partial charge in [-0.15, -0.1) is 0 Å². The van der Waals surface area contributed by atoms with Crippen LogP contribution in [0.3, 0.4) is 0 Å². The van der Waals surface area contributed by atoms with Crippen molar-refractivity contribution >= 4 is 10.9 Å². The van der Waals surface area contributed by atoms with Crippen molar-refractivity contribution in [1.29, 1.82) is 0 Å². The number of benzene rings is 1. The van der Waals surface area contributed by atoms with Gasteiger partial charge < -0.3 is 11.5 Å². The Bertz CT molecular complexity index is 527. The molecule has 2 rings (SSSR count). The molecule has 1 unspecified atom stereocenters. The molecule has 1 aromatic carbocycles. The summed E-state index contributed by atoms with van der Waals surface area (Å²) in [5, 5.41) is 0.974. The summed E-state index contributed by atoms with van der Waals surface area (Å²) in [5.74, 6) is -0.264. The summed E-state index contributed by atoms with van der Waals surface area (Å²) in [5.41, 5.74) is 13.3. The number of hydrogen-bond acceptors (Lipinski definition) is 3. The van der Waals surface area contributed by atoms with E-state index >= 15 is 0 Å². The van der Waals surface area contributed by atoms with E-state index in [1.165, 1.54) is 12.1 Å². The largest absolute Gasteiger partial charge is 0.330 e. The number of rotatable bonds is 5. The molecule has 0 bridgehead atoms. The second-order valence-electron chi connectivity index (χ2n) is 4.53. The number of halogens is 1. The molecule has 0 amide bonds. The van der Waals surface area contributed by atoms with Gasteiger partial charge in [0.25, 0.3) is 0 Å². The molecule has 2 aromatic rings. The van der Waals surface area contributed by atoms with Gasteiger partial charge in [-0.3, -0.25) is 4.98 Å². The van der Waals surface area contributed by atoms with Crippen LogP contribution in [-0.2, 0) is 6.42 Å². The Kier molecular flexibility index (Phi) is 4.23. The molecule has 4 N–H and O–H groups in total. The Hall–Kier alpha value is -1.52. The first-order valence-electron chi connectivity index (χ1n) is 6.19. The fourth-order valence-corrected chi connectivity index (χ4v) is 2.12. The van der Waals surface area contributed by atoms with Gasteiger partial charge in [0.05, 0.1) is 5.52 Å². The molecule has 0 fully saturated rings. The average molecular weight is 247 g/mol. The quantitative estimate of drug-likeness (QED) is 0.849. The summed E-state index contributed by atoms with van der Waals surface area (Å²) in [4.78, 5) is 4.17. The van der Waals surface area contributed by atoms with Gasteiger partial charge in [-0.25, -0.2) is 4.39 Å². The molecule has 4 heteroatoms. The number of pyridine rings is 1. The van der Waals surface area contributed by atoms with E-state index in [9.17, 15) is 4.39 Å². The first-order valence-corrected chi connectivity index (χ1v) is 6.19. The van der Waals surface area contributed by atoms with E-state index in [2.05, 4.69) is 4.98 Å². The van der Waals surface area contributed by atoms with Crippen molar-refractivity contribution in [2.75, 3.05) is 6.54 Å². The van der Waals surface area contributed by atoms with Crippen molar-refractivity contribution in [3.63, 3.8) is 0 Å². The van der Waals surface area contributed by atoms with Crippen molar-refractivity contribution in [3.05, 3.63) is 41.8 Å². The van der Waals surface area contributed by atoms with Crippen LogP contribution in [0, 0.1) is 5.82 Å². The predicted octanol–water partition coefficient (Wildman–Crippen LogP) is 1.98. The van der Waals surface area contributed by atoms with Crippen molar-refractivity contribution in [2.24, 2.45) is 11.5 Å². The monoisotopic (exact) mass is 247 g/mol. The van der Waals surface area contributed by atoms with Crippen LogP contribution in [0.4, 0.5) is 4.39 Å². The molecule has 0 aliphatic heterocycles. The number of hydrogen-bond donors (Lipinski definition) is 2. The van der Waals surface area contributed by atoms with Crippen molar-refractivity contribution in [2.45, 2.75) is 25.3 Å². The van der Waals surface area contributed by atoms with Crippen LogP contribution in [0.25, 0.3) is 10.9 Å². The molecule has 0 aliphatic carbocycles. The van der Waals surface area contributed by atoms with E-state index < -0.39 is 0 Å². The van der Waals surface area contributed by atoms with E-state index in [-0.39, 0.29) is 11.9 Å². The van der Waals surface area contributed by atoms with Gasteiger partial charge in [0.15, 0.2) is 0 Å². The molecule has 1 atom stereocenters. The zero-order chi connectivity index (χ0) is 13.0. The summed E-state index contributed by atoms with van der Waals surface area (Å²) >= 11 is 0. The fraction of sp³-hybridized carbons (Fsp3) is 0.357. The summed E-state index contributed by atoms with van der Waals surface area (Å²) in [6, 6.07) is 6.71. The molecular weight excluding hydrogens is 229 g/mol. The van der Waals surface area contributed by atoms with E-state index in [1.807, 2.05) is 6.07 Å². The minimum Gasteiger partial charge on any atom is -0.330 e. The first kappa shape index (κ1) is 12.9. The number of nitrogens with zero attached hydrogens (tertiary/aromatic N) is 1. The average Bonchev–Trinajstić information content (AvgIpc) is 2.36. The Morgan fingerprint density at radius 2 is 2.11 bits per heavy atom. The Labute approximate surface area is 106 Å². The third kappa shape index (κ3) is 3.03. The number of aromatic nitrogens is 1. The minimum absolute atomic E-state index is 0.0872. The normalized spacial score (nSPS) is 12.8. The second kappa shape index (κ2) is 5.89. The lowest BCUT2D eigenvalue weighted by molar-refractivity contribution is 0.586. The van der Waals surface area contributed by atoms with E-state index in [0.717, 1.165) is 30.2 Å². The van der Waals surface area contributed by atoms with Gasteiger partial charge in [-0.1, -0.05) is 0 Å². The third-order valence-corrected chi connectivity index (χ3v) is 3.06. The molecule has 0 spiro atoms. The summed E-state index contributed by atoms with van der Waals surface area (Å²) < 4.78 is 13.1. The lowest BCUT2D eigenvalue weighted by atomic mass is 9.99. The van der Waals surface area contributed by atoms with Crippen molar-refractivity contribution in [3.8, 4) is 0 Å². The maximum Gasteiger partial charge on any atom is 0.125 e. The molecule has 3 nitrogen and oxygen atoms in total. The molecular formula is C14H18FN3. The Balaban J connectivity index is 2.22. The maximum atomic E-state index is 13.1. The highest BCUT2D eigenvalue weighted by Gasteiger charge is 2.08. The van der Waals surface area contributed by atoms with Crippen LogP contribution in [0.1, 0.15) is 18.4 Å². The van der Waals surface area contributed by atoms with Gasteiger partial charge >= 0.3 is 0 Å². The molecule has 96 valence electrons. The molecule has 0 radical (unpaired) electrons. The standard InChI is InChI=1S/C14H18FN3/c15-11-3-4-13-10(5-7-18-14(13)9-11)8-12(17)2-1-6-16/h3-5,7,9,12H,1-2,6,8,16-17H2. The predicted molar refractivity (Wildman–Crippen MR) is 71.7 cm³/mol. The summed E-state index contributed by atoms with van der Waals surface area (Å²) in [6.07, 6.45) is 4.30. The zero-order valence-corrected chi connectivity index (χ0v) is 10.3. The second-order valence-corrected chi connectivity index (χ2v) is 4.53. The smallest absolute Gasteiger partial charge is 0.125 e. The zero-order valence-electron chi connectivity index (χ0n) is 10.3. The molecule has 18 heavy (non-hydrogen) atoms. The van der Waals surface area contributed by atoms with Crippen molar-refractivity contribution < 1.29 is 4.39 Å². The van der Waals surface area contributed by atoms with E-state index in [0.29, 0.717) is 12.1 Å². The molecule has 0 saturated heterocycles. The van der Waals surface area contributed by atoms with Gasteiger partial charge in [0.2, 0.25) is 0 Å². The molecule has 0 aliphatic rings. The highest BCUT2D eigenvalue weighted by atomic mass is 19.1. The number of fused-ring (bicyclic) bond motifs is 1. The van der Waals surface area contributed by atoms with Crippen molar-refractivity contribution in [1.82, 2.24) is 4.98 Å². The Morgan fingerprint density at radius 3 is 2.89 bits per heavy atom. The van der Waals surface area contributed by atoms with Crippen LogP contribution in [-0.4, -0.2) is 17.6 Å². The highest BCUT2D eigenvalue weighted by molar-refractivity contribution is 5.82. The van der Waals surface area contributed by atoms with Crippen LogP contribution < -0.4 is 11.5 Å². The van der Waals surface area contributed by atoms with Gasteiger partial charge in [-0.05, 0) is 49.6 Å². The number of nitrogens with two attached hydrogens (primary N) is 2. The summed E-state index contributed by atoms with van der Waals surface area (Å²) in [6.45, 7) is 0.663. The van der Waals surface area contributed by atoms with Crippen LogP contribution in [0.2, 0.25) is 0 Å². The summed E-state index contributed by atoms with van der Waals surface area (Å²) in [7, 11) is 0. The highest BCUT2D eigenvalue weighted by Crippen LogP contribution is 2.19. The molecule has 1 aromatic heterocycles.